The SMILES string of the molecule is CCNC(=O)c1ccc2nn(-c3cc(CCO)cc(I)c3O)nc2c1. The molecule has 2 aromatic carbocycles. The lowest BCUT2D eigenvalue weighted by molar-refractivity contribution is 0.0956. The summed E-state index contributed by atoms with van der Waals surface area (Å²) in [6.07, 6.45) is 0.478. The molecule has 1 amide bonds. The highest BCUT2D eigenvalue weighted by Gasteiger charge is 2.14. The van der Waals surface area contributed by atoms with Gasteiger partial charge in [0.15, 0.2) is 5.75 Å². The maximum Gasteiger partial charge on any atom is 0.251 e. The minimum Gasteiger partial charge on any atom is -0.505 e. The monoisotopic (exact) mass is 452 g/mol. The van der Waals surface area contributed by atoms with Crippen LogP contribution in [-0.4, -0.2) is 44.3 Å². The lowest BCUT2D eigenvalue weighted by Crippen LogP contribution is -2.22. The van der Waals surface area contributed by atoms with Crippen molar-refractivity contribution in [1.29, 1.82) is 0 Å². The molecule has 25 heavy (non-hydrogen) atoms. The Morgan fingerprint density at radius 3 is 2.72 bits per heavy atom. The molecule has 7 nitrogen and oxygen atoms in total. The van der Waals surface area contributed by atoms with Gasteiger partial charge in [-0.25, -0.2) is 0 Å². The van der Waals surface area contributed by atoms with Gasteiger partial charge in [-0.1, -0.05) is 0 Å². The summed E-state index contributed by atoms with van der Waals surface area (Å²) in [5, 5.41) is 31.0. The van der Waals surface area contributed by atoms with Crippen molar-refractivity contribution in [1.82, 2.24) is 20.3 Å². The fourth-order valence-corrected chi connectivity index (χ4v) is 3.17. The first-order valence-corrected chi connectivity index (χ1v) is 8.89. The average Bonchev–Trinajstić information content (AvgIpc) is 3.01. The molecule has 0 bridgehead atoms. The third-order valence-electron chi connectivity index (χ3n) is 3.70. The second kappa shape index (κ2) is 7.36. The summed E-state index contributed by atoms with van der Waals surface area (Å²) in [5.41, 5.74) is 3.00. The largest absolute Gasteiger partial charge is 0.505 e. The fourth-order valence-electron chi connectivity index (χ4n) is 2.49. The van der Waals surface area contributed by atoms with Gasteiger partial charge in [0.05, 0.1) is 3.57 Å². The van der Waals surface area contributed by atoms with Crippen LogP contribution in [0.5, 0.6) is 5.75 Å². The normalized spacial score (nSPS) is 11.0. The zero-order valence-electron chi connectivity index (χ0n) is 13.5. The van der Waals surface area contributed by atoms with Crippen LogP contribution in [0.4, 0.5) is 0 Å². The van der Waals surface area contributed by atoms with Gasteiger partial charge in [-0.3, -0.25) is 4.79 Å². The van der Waals surface area contributed by atoms with Crippen LogP contribution in [0.3, 0.4) is 0 Å². The van der Waals surface area contributed by atoms with E-state index in [0.717, 1.165) is 5.56 Å². The molecule has 0 spiro atoms. The number of carbonyl (C=O) groups excluding carboxylic acids is 1. The zero-order chi connectivity index (χ0) is 18.0. The van der Waals surface area contributed by atoms with E-state index in [4.69, 9.17) is 5.11 Å². The van der Waals surface area contributed by atoms with Crippen molar-refractivity contribution in [3.63, 3.8) is 0 Å². The Bertz CT molecular complexity index is 939. The minimum absolute atomic E-state index is 0.0186. The first-order valence-electron chi connectivity index (χ1n) is 7.81. The Balaban J connectivity index is 2.06. The van der Waals surface area contributed by atoms with Crippen molar-refractivity contribution in [2.75, 3.05) is 13.2 Å². The van der Waals surface area contributed by atoms with Crippen LogP contribution < -0.4 is 5.32 Å². The number of nitrogens with zero attached hydrogens (tertiary/aromatic N) is 3. The van der Waals surface area contributed by atoms with Gasteiger partial charge in [-0.15, -0.1) is 15.0 Å². The standard InChI is InChI=1S/C17H17IN4O3/c1-2-19-17(25)11-3-4-13-14(9-11)21-22(20-13)15-8-10(5-6-23)7-12(18)16(15)24/h3-4,7-9,23-24H,2,5-6H2,1H3,(H,19,25). The molecule has 0 fully saturated rings. The van der Waals surface area contributed by atoms with Crippen molar-refractivity contribution in [2.45, 2.75) is 13.3 Å². The lowest BCUT2D eigenvalue weighted by Gasteiger charge is -2.08. The fraction of sp³-hybridized carbons (Fsp3) is 0.235. The summed E-state index contributed by atoms with van der Waals surface area (Å²) in [6, 6.07) is 8.65. The number of hydrogen-bond acceptors (Lipinski definition) is 5. The van der Waals surface area contributed by atoms with Crippen LogP contribution in [0.15, 0.2) is 30.3 Å². The van der Waals surface area contributed by atoms with E-state index in [0.29, 0.717) is 38.8 Å². The second-order valence-corrected chi connectivity index (χ2v) is 6.63. The van der Waals surface area contributed by atoms with Crippen molar-refractivity contribution in [2.24, 2.45) is 0 Å². The van der Waals surface area contributed by atoms with Gasteiger partial charge in [-0.05, 0) is 71.8 Å². The van der Waals surface area contributed by atoms with Crippen LogP contribution in [0.25, 0.3) is 16.7 Å². The molecule has 3 aromatic rings. The minimum atomic E-state index is -0.165. The number of aliphatic hydroxyl groups is 1. The molecule has 0 aliphatic heterocycles. The van der Waals surface area contributed by atoms with Crippen LogP contribution in [-0.2, 0) is 6.42 Å². The van der Waals surface area contributed by atoms with E-state index in [-0.39, 0.29) is 18.3 Å². The second-order valence-electron chi connectivity index (χ2n) is 5.47. The number of benzene rings is 2. The molecular weight excluding hydrogens is 435 g/mol. The number of aromatic hydroxyl groups is 1. The third kappa shape index (κ3) is 3.59. The van der Waals surface area contributed by atoms with Crippen molar-refractivity contribution >= 4 is 39.5 Å². The van der Waals surface area contributed by atoms with Gasteiger partial charge in [0.25, 0.3) is 5.91 Å². The molecule has 3 rings (SSSR count). The molecule has 0 atom stereocenters. The highest BCUT2D eigenvalue weighted by molar-refractivity contribution is 14.1. The molecule has 0 saturated carbocycles. The predicted octanol–water partition coefficient (Wildman–Crippen LogP) is 2.02. The number of carbonyl (C=O) groups is 1. The number of amides is 1. The molecule has 1 heterocycles. The number of rotatable bonds is 5. The Morgan fingerprint density at radius 2 is 2.00 bits per heavy atom. The topological polar surface area (TPSA) is 100 Å². The van der Waals surface area contributed by atoms with Gasteiger partial charge >= 0.3 is 0 Å². The number of fused-ring (bicyclic) bond motifs is 1. The summed E-state index contributed by atoms with van der Waals surface area (Å²) < 4.78 is 0.655. The van der Waals surface area contributed by atoms with E-state index < -0.39 is 0 Å². The van der Waals surface area contributed by atoms with E-state index in [2.05, 4.69) is 15.5 Å². The molecule has 0 aliphatic rings. The first kappa shape index (κ1) is 17.6. The molecular formula is C17H17IN4O3. The molecule has 0 aliphatic carbocycles. The molecule has 1 aromatic heterocycles. The summed E-state index contributed by atoms with van der Waals surface area (Å²) in [6.45, 7) is 2.43. The van der Waals surface area contributed by atoms with Gasteiger partial charge in [0, 0.05) is 18.7 Å². The molecule has 0 radical (unpaired) electrons. The number of halogens is 1. The van der Waals surface area contributed by atoms with Crippen molar-refractivity contribution in [3.05, 3.63) is 45.0 Å². The molecule has 0 unspecified atom stereocenters. The van der Waals surface area contributed by atoms with E-state index in [9.17, 15) is 9.90 Å². The summed E-state index contributed by atoms with van der Waals surface area (Å²) in [7, 11) is 0. The number of aliphatic hydroxyl groups excluding tert-OH is 1. The molecule has 130 valence electrons. The average molecular weight is 452 g/mol. The number of aromatic nitrogens is 3. The van der Waals surface area contributed by atoms with E-state index in [1.165, 1.54) is 4.80 Å². The van der Waals surface area contributed by atoms with E-state index >= 15 is 0 Å². The van der Waals surface area contributed by atoms with Gasteiger partial charge < -0.3 is 15.5 Å². The van der Waals surface area contributed by atoms with Crippen LogP contribution in [0.2, 0.25) is 0 Å². The van der Waals surface area contributed by atoms with Gasteiger partial charge in [-0.2, -0.15) is 0 Å². The van der Waals surface area contributed by atoms with Crippen LogP contribution >= 0.6 is 22.6 Å². The quantitative estimate of drug-likeness (QED) is 0.515. The van der Waals surface area contributed by atoms with Gasteiger partial charge in [0.2, 0.25) is 0 Å². The van der Waals surface area contributed by atoms with Crippen molar-refractivity contribution < 1.29 is 15.0 Å². The number of phenols is 1. The maximum absolute atomic E-state index is 11.9. The molecule has 8 heteroatoms. The Kier molecular flexibility index (Phi) is 5.19. The molecule has 3 N–H and O–H groups in total. The maximum atomic E-state index is 11.9. The van der Waals surface area contributed by atoms with E-state index in [1.807, 2.05) is 35.6 Å². The van der Waals surface area contributed by atoms with Crippen LogP contribution in [0.1, 0.15) is 22.8 Å². The smallest absolute Gasteiger partial charge is 0.251 e. The van der Waals surface area contributed by atoms with E-state index in [1.54, 1.807) is 24.3 Å². The number of phenolic OH excluding ortho intramolecular Hbond substituents is 1. The highest BCUT2D eigenvalue weighted by atomic mass is 127. The molecule has 0 saturated heterocycles. The summed E-state index contributed by atoms with van der Waals surface area (Å²) in [4.78, 5) is 13.3. The Hall–Kier alpha value is -2.20. The van der Waals surface area contributed by atoms with Crippen LogP contribution in [0, 0.1) is 3.57 Å². The summed E-state index contributed by atoms with van der Waals surface area (Å²) >= 11 is 2.03. The lowest BCUT2D eigenvalue weighted by atomic mass is 10.1. The number of hydrogen-bond donors (Lipinski definition) is 3. The number of nitrogens with one attached hydrogen (secondary N) is 1. The zero-order valence-corrected chi connectivity index (χ0v) is 15.7. The highest BCUT2D eigenvalue weighted by Crippen LogP contribution is 2.29. The first-order chi connectivity index (χ1) is 12.0. The van der Waals surface area contributed by atoms with Gasteiger partial charge in [0.1, 0.15) is 16.7 Å². The van der Waals surface area contributed by atoms with Crippen molar-refractivity contribution in [3.8, 4) is 11.4 Å². The Morgan fingerprint density at radius 1 is 1.24 bits per heavy atom. The Labute approximate surface area is 157 Å². The summed E-state index contributed by atoms with van der Waals surface area (Å²) in [5.74, 6) is -0.0900. The predicted molar refractivity (Wildman–Crippen MR) is 102 cm³/mol. The third-order valence-corrected chi connectivity index (χ3v) is 4.52.